The summed E-state index contributed by atoms with van der Waals surface area (Å²) in [5.74, 6) is 0. The normalized spacial score (nSPS) is 14.4. The van der Waals surface area contributed by atoms with Gasteiger partial charge in [0.25, 0.3) is 0 Å². The van der Waals surface area contributed by atoms with Gasteiger partial charge < -0.3 is 5.32 Å². The lowest BCUT2D eigenvalue weighted by molar-refractivity contribution is 0.277. The Morgan fingerprint density at radius 3 is 2.50 bits per heavy atom. The minimum absolute atomic E-state index is 0.260. The van der Waals surface area contributed by atoms with Gasteiger partial charge in [-0.1, -0.05) is 27.7 Å². The highest BCUT2D eigenvalue weighted by molar-refractivity contribution is 9.11. The van der Waals surface area contributed by atoms with Crippen LogP contribution in [0.3, 0.4) is 0 Å². The number of thiophene rings is 1. The average Bonchev–Trinajstić information content (AvgIpc) is 2.45. The molecule has 1 atom stereocenters. The van der Waals surface area contributed by atoms with E-state index in [4.69, 9.17) is 0 Å². The molecule has 0 aliphatic carbocycles. The van der Waals surface area contributed by atoms with Crippen molar-refractivity contribution in [1.29, 1.82) is 0 Å². The molecule has 0 bridgehead atoms. The van der Waals surface area contributed by atoms with Crippen molar-refractivity contribution in [3.8, 4) is 0 Å². The monoisotopic (exact) mass is 275 g/mol. The molecule has 1 nitrogen and oxygen atoms in total. The number of hydrogen-bond donors (Lipinski definition) is 1. The first kappa shape index (κ1) is 12.2. The van der Waals surface area contributed by atoms with Crippen LogP contribution < -0.4 is 5.32 Å². The van der Waals surface area contributed by atoms with Gasteiger partial charge >= 0.3 is 0 Å². The van der Waals surface area contributed by atoms with E-state index < -0.39 is 0 Å². The Kier molecular flexibility index (Phi) is 4.16. The van der Waals surface area contributed by atoms with Crippen molar-refractivity contribution in [2.24, 2.45) is 5.41 Å². The lowest BCUT2D eigenvalue weighted by Crippen LogP contribution is -2.31. The predicted octanol–water partition coefficient (Wildman–Crippen LogP) is 4.21. The smallest absolute Gasteiger partial charge is 0.0701 e. The van der Waals surface area contributed by atoms with Crippen molar-refractivity contribution >= 4 is 27.3 Å². The van der Waals surface area contributed by atoms with Crippen LogP contribution in [0.25, 0.3) is 0 Å². The maximum atomic E-state index is 3.54. The zero-order valence-corrected chi connectivity index (χ0v) is 11.6. The second-order valence-electron chi connectivity index (χ2n) is 4.54. The van der Waals surface area contributed by atoms with Gasteiger partial charge in [0.05, 0.1) is 3.79 Å². The van der Waals surface area contributed by atoms with Crippen molar-refractivity contribution in [1.82, 2.24) is 5.32 Å². The Morgan fingerprint density at radius 2 is 2.14 bits per heavy atom. The van der Waals surface area contributed by atoms with Crippen LogP contribution in [0.4, 0.5) is 0 Å². The Morgan fingerprint density at radius 1 is 1.50 bits per heavy atom. The van der Waals surface area contributed by atoms with Gasteiger partial charge in [-0.15, -0.1) is 11.3 Å². The molecule has 1 rings (SSSR count). The summed E-state index contributed by atoms with van der Waals surface area (Å²) in [6.07, 6.45) is 0. The van der Waals surface area contributed by atoms with Crippen LogP contribution in [-0.4, -0.2) is 6.54 Å². The maximum Gasteiger partial charge on any atom is 0.0701 e. The molecule has 0 spiro atoms. The highest BCUT2D eigenvalue weighted by Crippen LogP contribution is 2.36. The van der Waals surface area contributed by atoms with E-state index in [1.54, 1.807) is 11.3 Å². The van der Waals surface area contributed by atoms with Gasteiger partial charge in [0.2, 0.25) is 0 Å². The number of halogens is 1. The van der Waals surface area contributed by atoms with E-state index in [0.29, 0.717) is 6.04 Å². The summed E-state index contributed by atoms with van der Waals surface area (Å²) in [5.41, 5.74) is 1.65. The van der Waals surface area contributed by atoms with Crippen molar-refractivity contribution in [3.05, 3.63) is 20.8 Å². The minimum Gasteiger partial charge on any atom is -0.310 e. The van der Waals surface area contributed by atoms with Crippen LogP contribution in [0.5, 0.6) is 0 Å². The Bertz CT molecular complexity index is 288. The molecule has 0 aliphatic heterocycles. The average molecular weight is 276 g/mol. The van der Waals surface area contributed by atoms with Crippen LogP contribution in [0, 0.1) is 5.41 Å². The van der Waals surface area contributed by atoms with E-state index in [1.165, 1.54) is 9.35 Å². The summed E-state index contributed by atoms with van der Waals surface area (Å²) in [4.78, 5) is 0. The summed E-state index contributed by atoms with van der Waals surface area (Å²) >= 11 is 5.26. The quantitative estimate of drug-likeness (QED) is 0.872. The van der Waals surface area contributed by atoms with Crippen LogP contribution in [-0.2, 0) is 0 Å². The molecule has 1 unspecified atom stereocenters. The number of hydrogen-bond acceptors (Lipinski definition) is 2. The summed E-state index contributed by atoms with van der Waals surface area (Å²) in [6, 6.07) is 2.65. The third-order valence-electron chi connectivity index (χ3n) is 2.20. The second-order valence-corrected chi connectivity index (χ2v) is 6.83. The molecular formula is C11H18BrNS. The van der Waals surface area contributed by atoms with Crippen molar-refractivity contribution in [3.63, 3.8) is 0 Å². The van der Waals surface area contributed by atoms with Gasteiger partial charge in [0, 0.05) is 6.04 Å². The molecule has 1 aromatic rings. The van der Waals surface area contributed by atoms with Gasteiger partial charge in [-0.2, -0.15) is 0 Å². The Hall–Kier alpha value is 0.140. The molecule has 1 aromatic heterocycles. The summed E-state index contributed by atoms with van der Waals surface area (Å²) < 4.78 is 1.21. The van der Waals surface area contributed by atoms with E-state index >= 15 is 0 Å². The molecular weight excluding hydrogens is 258 g/mol. The Labute approximate surface area is 99.0 Å². The van der Waals surface area contributed by atoms with Gasteiger partial charge in [0.1, 0.15) is 0 Å². The zero-order chi connectivity index (χ0) is 10.8. The Balaban J connectivity index is 2.88. The fourth-order valence-corrected chi connectivity index (χ4v) is 2.80. The topological polar surface area (TPSA) is 12.0 Å². The van der Waals surface area contributed by atoms with E-state index in [9.17, 15) is 0 Å². The minimum atomic E-state index is 0.260. The largest absolute Gasteiger partial charge is 0.310 e. The van der Waals surface area contributed by atoms with Gasteiger partial charge in [-0.05, 0) is 44.9 Å². The van der Waals surface area contributed by atoms with E-state index in [-0.39, 0.29) is 5.41 Å². The summed E-state index contributed by atoms with van der Waals surface area (Å²) in [5, 5.41) is 5.76. The first-order valence-electron chi connectivity index (χ1n) is 4.92. The standard InChI is InChI=1S/C11H18BrNS/c1-5-13-10(11(2,3)4)8-6-9(12)14-7-8/h6-7,10,13H,5H2,1-4H3. The molecule has 0 saturated heterocycles. The van der Waals surface area contributed by atoms with Gasteiger partial charge in [-0.3, -0.25) is 0 Å². The fraction of sp³-hybridized carbons (Fsp3) is 0.636. The number of nitrogens with one attached hydrogen (secondary N) is 1. The van der Waals surface area contributed by atoms with E-state index in [2.05, 4.69) is 60.4 Å². The van der Waals surface area contributed by atoms with Crippen LogP contribution in [0.15, 0.2) is 15.2 Å². The molecule has 14 heavy (non-hydrogen) atoms. The third kappa shape index (κ3) is 3.07. The molecule has 0 aliphatic rings. The van der Waals surface area contributed by atoms with E-state index in [0.717, 1.165) is 6.54 Å². The third-order valence-corrected chi connectivity index (χ3v) is 3.72. The van der Waals surface area contributed by atoms with Crippen LogP contribution >= 0.6 is 27.3 Å². The molecule has 1 N–H and O–H groups in total. The summed E-state index contributed by atoms with van der Waals surface area (Å²) in [7, 11) is 0. The zero-order valence-electron chi connectivity index (χ0n) is 9.23. The molecule has 0 amide bonds. The SMILES string of the molecule is CCNC(c1csc(Br)c1)C(C)(C)C. The maximum absolute atomic E-state index is 3.54. The summed E-state index contributed by atoms with van der Waals surface area (Å²) in [6.45, 7) is 9.97. The molecule has 3 heteroatoms. The fourth-order valence-electron chi connectivity index (χ4n) is 1.60. The van der Waals surface area contributed by atoms with E-state index in [1.807, 2.05) is 0 Å². The molecule has 0 saturated carbocycles. The molecule has 0 radical (unpaired) electrons. The lowest BCUT2D eigenvalue weighted by Gasteiger charge is -2.31. The van der Waals surface area contributed by atoms with Crippen molar-refractivity contribution in [2.45, 2.75) is 33.7 Å². The second kappa shape index (κ2) is 4.77. The highest BCUT2D eigenvalue weighted by Gasteiger charge is 2.25. The highest BCUT2D eigenvalue weighted by atomic mass is 79.9. The number of rotatable bonds is 3. The first-order chi connectivity index (χ1) is 6.45. The van der Waals surface area contributed by atoms with Crippen LogP contribution in [0.2, 0.25) is 0 Å². The van der Waals surface area contributed by atoms with Gasteiger partial charge in [-0.25, -0.2) is 0 Å². The molecule has 1 heterocycles. The van der Waals surface area contributed by atoms with Gasteiger partial charge in [0.15, 0.2) is 0 Å². The van der Waals surface area contributed by atoms with Crippen molar-refractivity contribution < 1.29 is 0 Å². The molecule has 0 fully saturated rings. The molecule has 0 aromatic carbocycles. The predicted molar refractivity (Wildman–Crippen MR) is 67.9 cm³/mol. The molecule has 80 valence electrons. The van der Waals surface area contributed by atoms with Crippen LogP contribution in [0.1, 0.15) is 39.3 Å². The lowest BCUT2D eigenvalue weighted by atomic mass is 9.83. The van der Waals surface area contributed by atoms with Crippen molar-refractivity contribution in [2.75, 3.05) is 6.54 Å². The first-order valence-corrected chi connectivity index (χ1v) is 6.59.